The maximum atomic E-state index is 6.94. The van der Waals surface area contributed by atoms with E-state index in [1.54, 1.807) is 0 Å². The van der Waals surface area contributed by atoms with E-state index >= 15 is 0 Å². The summed E-state index contributed by atoms with van der Waals surface area (Å²) in [6, 6.07) is 50.5. The predicted molar refractivity (Wildman–Crippen MR) is 236 cm³/mol. The van der Waals surface area contributed by atoms with Crippen LogP contribution in [0.2, 0.25) is 0 Å². The topological polar surface area (TPSA) is 19.6 Å². The minimum atomic E-state index is -0.219. The van der Waals surface area contributed by atoms with Gasteiger partial charge in [0.15, 0.2) is 0 Å². The van der Waals surface area contributed by atoms with E-state index < -0.39 is 0 Å². The number of benzene rings is 7. The summed E-state index contributed by atoms with van der Waals surface area (Å²) in [5, 5.41) is 2.33. The number of hydrogen-bond acceptors (Lipinski definition) is 3. The maximum absolute atomic E-state index is 6.94. The number of anilines is 5. The second-order valence-corrected chi connectivity index (χ2v) is 18.5. The van der Waals surface area contributed by atoms with Crippen LogP contribution in [0.3, 0.4) is 0 Å². The van der Waals surface area contributed by atoms with Gasteiger partial charge >= 0.3 is 6.85 Å². The summed E-state index contributed by atoms with van der Waals surface area (Å²) < 4.78 is 6.94. The summed E-state index contributed by atoms with van der Waals surface area (Å²) in [5.41, 5.74) is 22.4. The molecule has 4 heteroatoms. The molecular weight excluding hydrogens is 679 g/mol. The molecule has 3 nitrogen and oxygen atoms in total. The van der Waals surface area contributed by atoms with Crippen LogP contribution >= 0.6 is 0 Å². The first-order valence-corrected chi connectivity index (χ1v) is 20.1. The van der Waals surface area contributed by atoms with Crippen molar-refractivity contribution in [3.63, 3.8) is 0 Å². The van der Waals surface area contributed by atoms with Crippen molar-refractivity contribution in [2.45, 2.75) is 64.7 Å². The zero-order chi connectivity index (χ0) is 38.0. The molecule has 0 atom stereocenters. The van der Waals surface area contributed by atoms with E-state index in [4.69, 9.17) is 4.42 Å². The Morgan fingerprint density at radius 2 is 1.29 bits per heavy atom. The largest absolute Gasteiger partial charge is 0.456 e. The number of furan rings is 1. The SMILES string of the molecule is CC(C)(C)c1ccc(N2B3c4cccc5c4N(c4ccccc4C5(C)C)c4c3c(cc3oc5ccccc5c43)-c3c2ccc2c3C(C)(C)c3ccccc3-2)cc1. The molecule has 0 bridgehead atoms. The van der Waals surface area contributed by atoms with Crippen LogP contribution in [0, 0.1) is 0 Å². The Morgan fingerprint density at radius 1 is 0.571 bits per heavy atom. The molecular formula is C52H43BN2O. The summed E-state index contributed by atoms with van der Waals surface area (Å²) in [6.45, 7) is 16.5. The van der Waals surface area contributed by atoms with Gasteiger partial charge in [-0.15, -0.1) is 0 Å². The molecule has 0 amide bonds. The number of rotatable bonds is 1. The fraction of sp³-hybridized carbons (Fsp3) is 0.192. The molecule has 3 aliphatic heterocycles. The van der Waals surface area contributed by atoms with E-state index in [0.29, 0.717) is 0 Å². The highest BCUT2D eigenvalue weighted by molar-refractivity contribution is 6.94. The van der Waals surface area contributed by atoms with Gasteiger partial charge in [-0.3, -0.25) is 0 Å². The standard InChI is InChI=1S/C52H43BN2O/c1-50(2,3)30-23-25-31(26-24-30)55-41-28-27-33-32-15-8-10-17-36(32)52(6,7)46(33)44(41)35-29-43-45(34-16-9-13-22-42(34)56-43)49-47(35)53(55)39-20-14-19-38-48(39)54(49)40-21-12-11-18-37(40)51(38,4)5/h8-29H,1-7H3. The van der Waals surface area contributed by atoms with Crippen molar-refractivity contribution in [1.29, 1.82) is 0 Å². The first kappa shape index (κ1) is 32.3. The number of para-hydroxylation sites is 3. The molecule has 0 saturated heterocycles. The lowest BCUT2D eigenvalue weighted by molar-refractivity contribution is 0.590. The van der Waals surface area contributed by atoms with Crippen molar-refractivity contribution in [2.75, 3.05) is 9.71 Å². The lowest BCUT2D eigenvalue weighted by Crippen LogP contribution is -2.62. The van der Waals surface area contributed by atoms with Crippen LogP contribution in [0.25, 0.3) is 44.2 Å². The second-order valence-electron chi connectivity index (χ2n) is 18.5. The minimum absolute atomic E-state index is 0.0471. The Bertz CT molecular complexity index is 3030. The number of nitrogens with zero attached hydrogens (tertiary/aromatic N) is 2. The van der Waals surface area contributed by atoms with Crippen molar-refractivity contribution in [2.24, 2.45) is 0 Å². The summed E-state index contributed by atoms with van der Waals surface area (Å²) in [4.78, 5) is 5.31. The molecule has 0 saturated carbocycles. The van der Waals surface area contributed by atoms with Crippen molar-refractivity contribution in [3.8, 4) is 22.3 Å². The van der Waals surface area contributed by atoms with E-state index in [0.717, 1.165) is 16.6 Å². The highest BCUT2D eigenvalue weighted by Gasteiger charge is 2.52. The average Bonchev–Trinajstić information content (AvgIpc) is 3.68. The monoisotopic (exact) mass is 722 g/mol. The van der Waals surface area contributed by atoms with Crippen LogP contribution in [0.1, 0.15) is 76.3 Å². The maximum Gasteiger partial charge on any atom is 0.333 e. The van der Waals surface area contributed by atoms with Crippen LogP contribution in [0.15, 0.2) is 138 Å². The molecule has 1 aliphatic carbocycles. The van der Waals surface area contributed by atoms with E-state index in [1.807, 2.05) is 0 Å². The third kappa shape index (κ3) is 3.85. The zero-order valence-electron chi connectivity index (χ0n) is 33.1. The molecule has 0 fully saturated rings. The fourth-order valence-corrected chi connectivity index (χ4v) is 11.1. The number of fused-ring (bicyclic) bond motifs is 14. The van der Waals surface area contributed by atoms with Gasteiger partial charge in [0.2, 0.25) is 0 Å². The van der Waals surface area contributed by atoms with Crippen LogP contribution in [-0.2, 0) is 16.2 Å². The quantitative estimate of drug-likeness (QED) is 0.157. The Hall–Kier alpha value is -6.00. The van der Waals surface area contributed by atoms with Crippen molar-refractivity contribution < 1.29 is 4.42 Å². The third-order valence-electron chi connectivity index (χ3n) is 13.8. The normalized spacial score (nSPS) is 16.3. The van der Waals surface area contributed by atoms with Gasteiger partial charge in [-0.25, -0.2) is 0 Å². The number of hydrogen-bond donors (Lipinski definition) is 0. The Labute approximate surface area is 329 Å². The van der Waals surface area contributed by atoms with Gasteiger partial charge in [0.1, 0.15) is 11.2 Å². The molecule has 0 unspecified atom stereocenters. The lowest BCUT2D eigenvalue weighted by Gasteiger charge is -2.51. The molecule has 12 rings (SSSR count). The Morgan fingerprint density at radius 3 is 2.09 bits per heavy atom. The van der Waals surface area contributed by atoms with Gasteiger partial charge < -0.3 is 14.1 Å². The smallest absolute Gasteiger partial charge is 0.333 e. The first-order valence-electron chi connectivity index (χ1n) is 20.1. The average molecular weight is 723 g/mol. The van der Waals surface area contributed by atoms with Crippen molar-refractivity contribution in [3.05, 3.63) is 161 Å². The highest BCUT2D eigenvalue weighted by atomic mass is 16.3. The van der Waals surface area contributed by atoms with Gasteiger partial charge in [0, 0.05) is 38.8 Å². The van der Waals surface area contributed by atoms with Crippen LogP contribution in [0.5, 0.6) is 0 Å². The van der Waals surface area contributed by atoms with Crippen LogP contribution in [-0.4, -0.2) is 6.85 Å². The van der Waals surface area contributed by atoms with Gasteiger partial charge in [0.25, 0.3) is 0 Å². The molecule has 0 N–H and O–H groups in total. The predicted octanol–water partition coefficient (Wildman–Crippen LogP) is 12.5. The fourth-order valence-electron chi connectivity index (χ4n) is 11.1. The summed E-state index contributed by atoms with van der Waals surface area (Å²) in [5.74, 6) is 0. The first-order chi connectivity index (χ1) is 27.0. The summed E-state index contributed by atoms with van der Waals surface area (Å²) >= 11 is 0. The van der Waals surface area contributed by atoms with Crippen molar-refractivity contribution >= 4 is 68.1 Å². The molecule has 7 aromatic carbocycles. The van der Waals surface area contributed by atoms with Gasteiger partial charge in [-0.1, -0.05) is 146 Å². The molecule has 0 radical (unpaired) electrons. The van der Waals surface area contributed by atoms with Crippen LogP contribution in [0.4, 0.5) is 28.4 Å². The lowest BCUT2D eigenvalue weighted by atomic mass is 9.42. The zero-order valence-corrected chi connectivity index (χ0v) is 33.1. The van der Waals surface area contributed by atoms with E-state index in [2.05, 4.69) is 192 Å². The molecule has 8 aromatic rings. The Kier molecular flexibility index (Phi) is 6.02. The molecule has 4 aliphatic rings. The molecule has 270 valence electrons. The molecule has 1 aromatic heterocycles. The van der Waals surface area contributed by atoms with E-state index in [1.165, 1.54) is 94.8 Å². The minimum Gasteiger partial charge on any atom is -0.456 e. The van der Waals surface area contributed by atoms with Crippen LogP contribution < -0.4 is 20.6 Å². The molecule has 4 heterocycles. The molecule has 0 spiro atoms. The highest BCUT2D eigenvalue weighted by Crippen LogP contribution is 2.60. The van der Waals surface area contributed by atoms with Crippen molar-refractivity contribution in [1.82, 2.24) is 0 Å². The Balaban J connectivity index is 1.29. The van der Waals surface area contributed by atoms with Gasteiger partial charge in [-0.05, 0) is 97.2 Å². The summed E-state index contributed by atoms with van der Waals surface area (Å²) in [7, 11) is 0. The van der Waals surface area contributed by atoms with E-state index in [-0.39, 0.29) is 23.1 Å². The van der Waals surface area contributed by atoms with E-state index in [9.17, 15) is 0 Å². The second kappa shape index (κ2) is 10.4. The van der Waals surface area contributed by atoms with Gasteiger partial charge in [0.05, 0.1) is 16.8 Å². The third-order valence-corrected chi connectivity index (χ3v) is 13.8. The molecule has 56 heavy (non-hydrogen) atoms. The van der Waals surface area contributed by atoms with Gasteiger partial charge in [-0.2, -0.15) is 0 Å². The summed E-state index contributed by atoms with van der Waals surface area (Å²) in [6.07, 6.45) is 0.